The van der Waals surface area contributed by atoms with Crippen molar-refractivity contribution in [2.45, 2.75) is 69.4 Å². The predicted molar refractivity (Wildman–Crippen MR) is 91.7 cm³/mol. The van der Waals surface area contributed by atoms with Gasteiger partial charge < -0.3 is 10.6 Å². The van der Waals surface area contributed by atoms with E-state index in [1.807, 2.05) is 0 Å². The second-order valence-electron chi connectivity index (χ2n) is 6.50. The highest BCUT2D eigenvalue weighted by molar-refractivity contribution is 7.91. The Morgan fingerprint density at radius 1 is 1.22 bits per heavy atom. The maximum absolute atomic E-state index is 12.4. The molecule has 2 aliphatic rings. The monoisotopic (exact) mass is 338 g/mol. The van der Waals surface area contributed by atoms with Crippen LogP contribution in [0.2, 0.25) is 0 Å². The van der Waals surface area contributed by atoms with Gasteiger partial charge in [-0.05, 0) is 19.3 Å². The van der Waals surface area contributed by atoms with Crippen LogP contribution in [0.5, 0.6) is 0 Å². The number of rotatable bonds is 6. The quantitative estimate of drug-likeness (QED) is 0.613. The van der Waals surface area contributed by atoms with Crippen LogP contribution in [0.25, 0.3) is 0 Å². The number of sulfone groups is 1. The van der Waals surface area contributed by atoms with Crippen molar-refractivity contribution >= 4 is 21.3 Å². The first-order valence-electron chi connectivity index (χ1n) is 8.74. The van der Waals surface area contributed by atoms with Gasteiger partial charge in [0.25, 0.3) is 0 Å². The van der Waals surface area contributed by atoms with E-state index in [0.29, 0.717) is 29.9 Å². The normalized spacial score (nSPS) is 20.0. The molecule has 2 heterocycles. The smallest absolute Gasteiger partial charge is 0.199 e. The molecule has 1 aromatic rings. The molecule has 1 saturated carbocycles. The van der Waals surface area contributed by atoms with Gasteiger partial charge in [0, 0.05) is 19.0 Å². The van der Waals surface area contributed by atoms with E-state index in [1.165, 1.54) is 12.8 Å². The Morgan fingerprint density at radius 3 is 2.74 bits per heavy atom. The Kier molecular flexibility index (Phi) is 5.04. The van der Waals surface area contributed by atoms with Crippen LogP contribution < -0.4 is 10.6 Å². The molecule has 0 radical (unpaired) electrons. The largest absolute Gasteiger partial charge is 0.379 e. The van der Waals surface area contributed by atoms with E-state index in [4.69, 9.17) is 0 Å². The van der Waals surface area contributed by atoms with E-state index in [1.54, 1.807) is 0 Å². The molecule has 23 heavy (non-hydrogen) atoms. The molecule has 0 amide bonds. The molecule has 2 N–H and O–H groups in total. The van der Waals surface area contributed by atoms with Gasteiger partial charge >= 0.3 is 0 Å². The van der Waals surface area contributed by atoms with Crippen molar-refractivity contribution in [3.05, 3.63) is 5.82 Å². The molecule has 6 nitrogen and oxygen atoms in total. The summed E-state index contributed by atoms with van der Waals surface area (Å²) in [6.07, 6.45) is 8.64. The lowest BCUT2D eigenvalue weighted by molar-refractivity contribution is 0.587. The summed E-state index contributed by atoms with van der Waals surface area (Å²) in [5.74, 6) is 1.43. The number of fused-ring (bicyclic) bond motifs is 1. The van der Waals surface area contributed by atoms with Crippen LogP contribution in [-0.4, -0.2) is 36.7 Å². The molecule has 1 aliphatic heterocycles. The van der Waals surface area contributed by atoms with E-state index >= 15 is 0 Å². The molecule has 0 saturated heterocycles. The summed E-state index contributed by atoms with van der Waals surface area (Å²) in [7, 11) is -3.30. The average Bonchev–Trinajstić information content (AvgIpc) is 3.01. The molecule has 0 spiro atoms. The average molecular weight is 338 g/mol. The third kappa shape index (κ3) is 3.76. The highest BCUT2D eigenvalue weighted by Gasteiger charge is 2.30. The highest BCUT2D eigenvalue weighted by Crippen LogP contribution is 2.33. The first-order chi connectivity index (χ1) is 11.1. The first-order valence-corrected chi connectivity index (χ1v) is 10.4. The summed E-state index contributed by atoms with van der Waals surface area (Å²) in [5, 5.41) is 6.83. The molecule has 3 rings (SSSR count). The maximum atomic E-state index is 12.4. The Bertz CT molecular complexity index is 654. The minimum atomic E-state index is -3.30. The van der Waals surface area contributed by atoms with Crippen molar-refractivity contribution in [2.24, 2.45) is 0 Å². The van der Waals surface area contributed by atoms with Gasteiger partial charge in [0.15, 0.2) is 20.7 Å². The fourth-order valence-electron chi connectivity index (χ4n) is 3.29. The van der Waals surface area contributed by atoms with Crippen LogP contribution in [-0.2, 0) is 16.3 Å². The minimum absolute atomic E-state index is 0.105. The lowest BCUT2D eigenvalue weighted by Crippen LogP contribution is -2.28. The number of anilines is 2. The number of aromatic nitrogens is 2. The number of unbranched alkanes of at least 4 members (excludes halogenated alkanes) is 2. The molecule has 1 fully saturated rings. The molecule has 0 aromatic carbocycles. The number of nitrogens with zero attached hydrogens (tertiary/aromatic N) is 2. The molecular formula is C16H26N4O2S. The first kappa shape index (κ1) is 16.5. The molecule has 1 aromatic heterocycles. The Hall–Kier alpha value is -1.37. The van der Waals surface area contributed by atoms with Gasteiger partial charge in [0.05, 0.1) is 5.75 Å². The van der Waals surface area contributed by atoms with Gasteiger partial charge in [-0.25, -0.2) is 18.4 Å². The van der Waals surface area contributed by atoms with E-state index in [0.717, 1.165) is 38.5 Å². The second-order valence-corrected chi connectivity index (χ2v) is 8.52. The third-order valence-electron chi connectivity index (χ3n) is 4.59. The topological polar surface area (TPSA) is 84.0 Å². The van der Waals surface area contributed by atoms with Crippen LogP contribution in [0.15, 0.2) is 5.03 Å². The molecular weight excluding hydrogens is 312 g/mol. The highest BCUT2D eigenvalue weighted by atomic mass is 32.2. The second kappa shape index (κ2) is 7.03. The summed E-state index contributed by atoms with van der Waals surface area (Å²) < 4.78 is 24.8. The number of hydrogen-bond acceptors (Lipinski definition) is 6. The van der Waals surface area contributed by atoms with Crippen molar-refractivity contribution in [1.29, 1.82) is 0 Å². The molecule has 0 bridgehead atoms. The van der Waals surface area contributed by atoms with Gasteiger partial charge in [0.1, 0.15) is 11.5 Å². The third-order valence-corrected chi connectivity index (χ3v) is 6.22. The summed E-state index contributed by atoms with van der Waals surface area (Å²) in [4.78, 5) is 9.01. The lowest BCUT2D eigenvalue weighted by atomic mass is 10.2. The Labute approximate surface area is 138 Å². The summed E-state index contributed by atoms with van der Waals surface area (Å²) in [6.45, 7) is 2.57. The maximum Gasteiger partial charge on any atom is 0.199 e. The van der Waals surface area contributed by atoms with Crippen LogP contribution >= 0.6 is 0 Å². The Balaban J connectivity index is 1.93. The van der Waals surface area contributed by atoms with Crippen molar-refractivity contribution in [3.8, 4) is 0 Å². The molecule has 1 aliphatic carbocycles. The number of nitrogens with one attached hydrogen (secondary N) is 2. The van der Waals surface area contributed by atoms with Crippen LogP contribution in [0.3, 0.4) is 0 Å². The van der Waals surface area contributed by atoms with Crippen LogP contribution in [0.4, 0.5) is 11.5 Å². The van der Waals surface area contributed by atoms with E-state index in [-0.39, 0.29) is 10.8 Å². The van der Waals surface area contributed by atoms with Crippen molar-refractivity contribution < 1.29 is 8.42 Å². The van der Waals surface area contributed by atoms with E-state index < -0.39 is 9.84 Å². The molecule has 7 heteroatoms. The fraction of sp³-hybridized carbons (Fsp3) is 0.750. The lowest BCUT2D eigenvalue weighted by Gasteiger charge is -2.23. The fourth-order valence-corrected chi connectivity index (χ4v) is 4.58. The molecule has 0 unspecified atom stereocenters. The van der Waals surface area contributed by atoms with Crippen LogP contribution in [0, 0.1) is 0 Å². The summed E-state index contributed by atoms with van der Waals surface area (Å²) >= 11 is 0. The van der Waals surface area contributed by atoms with Gasteiger partial charge in [-0.15, -0.1) is 0 Å². The van der Waals surface area contributed by atoms with Crippen molar-refractivity contribution in [2.75, 3.05) is 22.9 Å². The number of aryl methyl sites for hydroxylation is 1. The Morgan fingerprint density at radius 2 is 2.00 bits per heavy atom. The van der Waals surface area contributed by atoms with Crippen molar-refractivity contribution in [1.82, 2.24) is 9.97 Å². The van der Waals surface area contributed by atoms with Crippen molar-refractivity contribution in [3.63, 3.8) is 0 Å². The predicted octanol–water partition coefficient (Wildman–Crippen LogP) is 2.76. The molecule has 128 valence electrons. The minimum Gasteiger partial charge on any atom is -0.379 e. The molecule has 0 atom stereocenters. The van der Waals surface area contributed by atoms with E-state index in [9.17, 15) is 8.42 Å². The van der Waals surface area contributed by atoms with Gasteiger partial charge in [-0.2, -0.15) is 0 Å². The number of hydrogen-bond donors (Lipinski definition) is 2. The zero-order chi connectivity index (χ0) is 16.3. The SMILES string of the molecule is CCCCCc1nc(NC2CCCC2)c2c(n1)S(=O)(=O)CCN2. The summed E-state index contributed by atoms with van der Waals surface area (Å²) in [6, 6.07) is 0.393. The van der Waals surface area contributed by atoms with Gasteiger partial charge in [-0.1, -0.05) is 32.6 Å². The van der Waals surface area contributed by atoms with Gasteiger partial charge in [0.2, 0.25) is 0 Å². The van der Waals surface area contributed by atoms with Gasteiger partial charge in [-0.3, -0.25) is 0 Å². The van der Waals surface area contributed by atoms with E-state index in [2.05, 4.69) is 27.5 Å². The standard InChI is InChI=1S/C16H26N4O2S/c1-2-3-4-9-13-19-15(18-12-7-5-6-8-12)14-16(20-13)23(21,22)11-10-17-14/h12,17H,2-11H2,1H3,(H,18,19,20). The van der Waals surface area contributed by atoms with Crippen LogP contribution in [0.1, 0.15) is 57.7 Å². The zero-order valence-electron chi connectivity index (χ0n) is 13.8. The zero-order valence-corrected chi connectivity index (χ0v) is 14.6. The summed E-state index contributed by atoms with van der Waals surface area (Å²) in [5.41, 5.74) is 0.572.